The zero-order chi connectivity index (χ0) is 10.2. The Morgan fingerprint density at radius 2 is 1.62 bits per heavy atom. The lowest BCUT2D eigenvalue weighted by Crippen LogP contribution is -2.02. The van der Waals surface area contributed by atoms with Crippen LogP contribution >= 0.6 is 0 Å². The molecular formula is C10H11F3. The fourth-order valence-electron chi connectivity index (χ4n) is 1.44. The summed E-state index contributed by atoms with van der Waals surface area (Å²) in [6, 6.07) is 0.595. The van der Waals surface area contributed by atoms with Gasteiger partial charge < -0.3 is 0 Å². The van der Waals surface area contributed by atoms with Gasteiger partial charge in [0, 0.05) is 6.07 Å². The van der Waals surface area contributed by atoms with Crippen molar-refractivity contribution >= 4 is 0 Å². The van der Waals surface area contributed by atoms with Crippen molar-refractivity contribution in [3.8, 4) is 0 Å². The molecular weight excluding hydrogens is 177 g/mol. The highest BCUT2D eigenvalue weighted by molar-refractivity contribution is 5.32. The van der Waals surface area contributed by atoms with E-state index in [1.807, 2.05) is 0 Å². The second-order valence-corrected chi connectivity index (χ2v) is 3.35. The van der Waals surface area contributed by atoms with Gasteiger partial charge in [-0.25, -0.2) is 13.2 Å². The normalized spacial score (nSPS) is 11.0. The molecule has 0 bridgehead atoms. The van der Waals surface area contributed by atoms with E-state index in [2.05, 4.69) is 0 Å². The number of halogens is 3. The summed E-state index contributed by atoms with van der Waals surface area (Å²) in [6.07, 6.45) is 0. The molecule has 0 amide bonds. The van der Waals surface area contributed by atoms with Crippen molar-refractivity contribution in [2.24, 2.45) is 0 Å². The molecule has 1 rings (SSSR count). The minimum atomic E-state index is -1.13. The Bertz CT molecular complexity index is 329. The summed E-state index contributed by atoms with van der Waals surface area (Å²) in [4.78, 5) is 0. The SMILES string of the molecule is Cc1c(F)c(F)cc(F)c1C(C)C. The number of hydrogen-bond donors (Lipinski definition) is 0. The van der Waals surface area contributed by atoms with Crippen LogP contribution in [0.3, 0.4) is 0 Å². The smallest absolute Gasteiger partial charge is 0.162 e. The van der Waals surface area contributed by atoms with Gasteiger partial charge in [0.05, 0.1) is 0 Å². The van der Waals surface area contributed by atoms with Crippen molar-refractivity contribution < 1.29 is 13.2 Å². The van der Waals surface area contributed by atoms with Crippen LogP contribution in [0.25, 0.3) is 0 Å². The highest BCUT2D eigenvalue weighted by atomic mass is 19.2. The lowest BCUT2D eigenvalue weighted by atomic mass is 9.97. The third kappa shape index (κ3) is 1.69. The molecule has 72 valence electrons. The van der Waals surface area contributed by atoms with Crippen molar-refractivity contribution in [3.63, 3.8) is 0 Å². The first-order valence-electron chi connectivity index (χ1n) is 4.09. The first-order valence-corrected chi connectivity index (χ1v) is 4.09. The third-order valence-electron chi connectivity index (χ3n) is 2.03. The lowest BCUT2D eigenvalue weighted by molar-refractivity contribution is 0.481. The molecule has 0 heterocycles. The summed E-state index contributed by atoms with van der Waals surface area (Å²) in [5.41, 5.74) is 0.311. The highest BCUT2D eigenvalue weighted by Crippen LogP contribution is 2.26. The lowest BCUT2D eigenvalue weighted by Gasteiger charge is -2.11. The Kier molecular flexibility index (Phi) is 2.64. The fraction of sp³-hybridized carbons (Fsp3) is 0.400. The average Bonchev–Trinajstić information content (AvgIpc) is 1.99. The Morgan fingerprint density at radius 3 is 2.08 bits per heavy atom. The molecule has 0 N–H and O–H groups in total. The predicted molar refractivity (Wildman–Crippen MR) is 45.1 cm³/mol. The molecule has 1 aromatic carbocycles. The van der Waals surface area contributed by atoms with Crippen molar-refractivity contribution in [1.82, 2.24) is 0 Å². The number of hydrogen-bond acceptors (Lipinski definition) is 0. The monoisotopic (exact) mass is 188 g/mol. The van der Waals surface area contributed by atoms with Crippen LogP contribution in [-0.4, -0.2) is 0 Å². The quantitative estimate of drug-likeness (QED) is 0.591. The summed E-state index contributed by atoms with van der Waals surface area (Å²) < 4.78 is 38.8. The Hall–Kier alpha value is -0.990. The Balaban J connectivity index is 3.44. The van der Waals surface area contributed by atoms with E-state index in [0.29, 0.717) is 6.07 Å². The highest BCUT2D eigenvalue weighted by Gasteiger charge is 2.17. The van der Waals surface area contributed by atoms with Gasteiger partial charge in [-0.3, -0.25) is 0 Å². The summed E-state index contributed by atoms with van der Waals surface area (Å²) >= 11 is 0. The van der Waals surface area contributed by atoms with E-state index in [4.69, 9.17) is 0 Å². The standard InChI is InChI=1S/C10H11F3/c1-5(2)9-6(3)10(13)8(12)4-7(9)11/h4-5H,1-3H3. The number of rotatable bonds is 1. The van der Waals surface area contributed by atoms with Gasteiger partial charge in [-0.15, -0.1) is 0 Å². The minimum Gasteiger partial charge on any atom is -0.207 e. The number of benzene rings is 1. The molecule has 0 radical (unpaired) electrons. The molecule has 0 aromatic heterocycles. The van der Waals surface area contributed by atoms with E-state index in [1.165, 1.54) is 6.92 Å². The first kappa shape index (κ1) is 10.1. The second-order valence-electron chi connectivity index (χ2n) is 3.35. The molecule has 0 saturated carbocycles. The van der Waals surface area contributed by atoms with Gasteiger partial charge in [0.2, 0.25) is 0 Å². The van der Waals surface area contributed by atoms with E-state index >= 15 is 0 Å². The van der Waals surface area contributed by atoms with Crippen molar-refractivity contribution in [2.75, 3.05) is 0 Å². The van der Waals surface area contributed by atoms with E-state index in [9.17, 15) is 13.2 Å². The van der Waals surface area contributed by atoms with Gasteiger partial charge in [-0.2, -0.15) is 0 Å². The Labute approximate surface area is 75.4 Å². The van der Waals surface area contributed by atoms with Crippen LogP contribution in [0.2, 0.25) is 0 Å². The average molecular weight is 188 g/mol. The molecule has 0 atom stereocenters. The predicted octanol–water partition coefficient (Wildman–Crippen LogP) is 3.54. The first-order chi connectivity index (χ1) is 5.95. The summed E-state index contributed by atoms with van der Waals surface area (Å²) in [7, 11) is 0. The minimum absolute atomic E-state index is 0.0625. The van der Waals surface area contributed by atoms with Crippen molar-refractivity contribution in [2.45, 2.75) is 26.7 Å². The van der Waals surface area contributed by atoms with Gasteiger partial charge >= 0.3 is 0 Å². The van der Waals surface area contributed by atoms with Gasteiger partial charge in [-0.05, 0) is 24.0 Å². The van der Waals surface area contributed by atoms with Crippen LogP contribution < -0.4 is 0 Å². The molecule has 0 aliphatic rings. The van der Waals surface area contributed by atoms with E-state index in [-0.39, 0.29) is 17.0 Å². The summed E-state index contributed by atoms with van der Waals surface area (Å²) in [5, 5.41) is 0. The molecule has 0 saturated heterocycles. The van der Waals surface area contributed by atoms with E-state index in [1.54, 1.807) is 13.8 Å². The maximum absolute atomic E-state index is 13.1. The van der Waals surface area contributed by atoms with Crippen LogP contribution in [0.5, 0.6) is 0 Å². The van der Waals surface area contributed by atoms with Crippen LogP contribution in [0.4, 0.5) is 13.2 Å². The maximum atomic E-state index is 13.1. The molecule has 1 aromatic rings. The maximum Gasteiger partial charge on any atom is 0.162 e. The molecule has 0 unspecified atom stereocenters. The molecule has 0 aliphatic heterocycles. The van der Waals surface area contributed by atoms with E-state index < -0.39 is 17.5 Å². The van der Waals surface area contributed by atoms with Crippen LogP contribution in [0, 0.1) is 24.4 Å². The molecule has 0 spiro atoms. The third-order valence-corrected chi connectivity index (χ3v) is 2.03. The van der Waals surface area contributed by atoms with Crippen molar-refractivity contribution in [3.05, 3.63) is 34.6 Å². The molecule has 0 fully saturated rings. The zero-order valence-corrected chi connectivity index (χ0v) is 7.79. The molecule has 3 heteroatoms. The van der Waals surface area contributed by atoms with E-state index in [0.717, 1.165) is 0 Å². The van der Waals surface area contributed by atoms with Crippen molar-refractivity contribution in [1.29, 1.82) is 0 Å². The fourth-order valence-corrected chi connectivity index (χ4v) is 1.44. The van der Waals surface area contributed by atoms with Crippen LogP contribution in [0.15, 0.2) is 6.07 Å². The molecule has 0 nitrogen and oxygen atoms in total. The van der Waals surface area contributed by atoms with Gasteiger partial charge in [0.15, 0.2) is 11.6 Å². The van der Waals surface area contributed by atoms with Gasteiger partial charge in [0.1, 0.15) is 5.82 Å². The second kappa shape index (κ2) is 3.40. The topological polar surface area (TPSA) is 0 Å². The zero-order valence-electron chi connectivity index (χ0n) is 7.79. The molecule has 13 heavy (non-hydrogen) atoms. The van der Waals surface area contributed by atoms with Crippen LogP contribution in [-0.2, 0) is 0 Å². The Morgan fingerprint density at radius 1 is 1.08 bits per heavy atom. The van der Waals surface area contributed by atoms with Gasteiger partial charge in [0.25, 0.3) is 0 Å². The largest absolute Gasteiger partial charge is 0.207 e. The molecule has 0 aliphatic carbocycles. The van der Waals surface area contributed by atoms with Gasteiger partial charge in [-0.1, -0.05) is 13.8 Å². The summed E-state index contributed by atoms with van der Waals surface area (Å²) in [6.45, 7) is 4.86. The summed E-state index contributed by atoms with van der Waals surface area (Å²) in [5.74, 6) is -2.90. The van der Waals surface area contributed by atoms with Crippen LogP contribution in [0.1, 0.15) is 30.9 Å².